The quantitative estimate of drug-likeness (QED) is 0.496. The van der Waals surface area contributed by atoms with Gasteiger partial charge < -0.3 is 5.11 Å². The molecule has 1 aromatic heterocycles. The van der Waals surface area contributed by atoms with E-state index < -0.39 is 0 Å². The Labute approximate surface area is 113 Å². The van der Waals surface area contributed by atoms with Crippen LogP contribution < -0.4 is 5.43 Å². The maximum atomic E-state index is 10.0. The molecule has 0 aliphatic carbocycles. The van der Waals surface area contributed by atoms with Gasteiger partial charge in [-0.1, -0.05) is 11.6 Å². The Morgan fingerprint density at radius 2 is 2.16 bits per heavy atom. The Balaban J connectivity index is 2.52. The van der Waals surface area contributed by atoms with E-state index in [0.717, 1.165) is 0 Å². The Morgan fingerprint density at radius 1 is 1.42 bits per heavy atom. The Bertz CT molecular complexity index is 741. The molecule has 0 saturated carbocycles. The van der Waals surface area contributed by atoms with Crippen molar-refractivity contribution in [3.8, 4) is 17.9 Å². The Kier molecular flexibility index (Phi) is 3.46. The van der Waals surface area contributed by atoms with Crippen LogP contribution in [0.3, 0.4) is 0 Å². The van der Waals surface area contributed by atoms with Crippen LogP contribution in [0.15, 0.2) is 29.5 Å². The van der Waals surface area contributed by atoms with Gasteiger partial charge in [0, 0.05) is 11.6 Å². The first-order valence-corrected chi connectivity index (χ1v) is 5.45. The fourth-order valence-corrected chi connectivity index (χ4v) is 1.73. The summed E-state index contributed by atoms with van der Waals surface area (Å²) < 4.78 is 0. The third-order valence-corrected chi connectivity index (χ3v) is 2.63. The van der Waals surface area contributed by atoms with Gasteiger partial charge in [-0.3, -0.25) is 10.4 Å². The van der Waals surface area contributed by atoms with Crippen molar-refractivity contribution in [2.75, 3.05) is 5.43 Å². The first-order valence-electron chi connectivity index (χ1n) is 5.07. The van der Waals surface area contributed by atoms with Crippen LogP contribution in [0.5, 0.6) is 5.75 Å². The van der Waals surface area contributed by atoms with E-state index in [2.05, 4.69) is 15.5 Å². The van der Waals surface area contributed by atoms with E-state index in [-0.39, 0.29) is 17.1 Å². The standard InChI is InChI=1S/C12H6ClN5O/c13-9-4-10(18-17-7(5-14)6-15)12(19)11-8(9)2-1-3-16-11/h1-4,18-19H. The first-order chi connectivity index (χ1) is 9.17. The average molecular weight is 272 g/mol. The molecular weight excluding hydrogens is 266 g/mol. The Morgan fingerprint density at radius 3 is 2.84 bits per heavy atom. The second kappa shape index (κ2) is 5.21. The smallest absolute Gasteiger partial charge is 0.237 e. The largest absolute Gasteiger partial charge is 0.504 e. The monoisotopic (exact) mass is 271 g/mol. The number of nitriles is 2. The van der Waals surface area contributed by atoms with Gasteiger partial charge in [-0.2, -0.15) is 15.6 Å². The van der Waals surface area contributed by atoms with E-state index in [4.69, 9.17) is 22.1 Å². The zero-order valence-corrected chi connectivity index (χ0v) is 10.2. The number of rotatable bonds is 2. The molecule has 0 atom stereocenters. The van der Waals surface area contributed by atoms with Gasteiger partial charge in [0.1, 0.15) is 23.3 Å². The van der Waals surface area contributed by atoms with E-state index in [1.165, 1.54) is 12.3 Å². The number of aromatic nitrogens is 1. The summed E-state index contributed by atoms with van der Waals surface area (Å²) in [7, 11) is 0. The number of benzene rings is 1. The molecule has 7 heteroatoms. The lowest BCUT2D eigenvalue weighted by Crippen LogP contribution is -1.97. The summed E-state index contributed by atoms with van der Waals surface area (Å²) in [6.45, 7) is 0. The molecule has 92 valence electrons. The fraction of sp³-hybridized carbons (Fsp3) is 0. The molecule has 0 aliphatic heterocycles. The van der Waals surface area contributed by atoms with Gasteiger partial charge in [0.15, 0.2) is 5.75 Å². The maximum Gasteiger partial charge on any atom is 0.237 e. The van der Waals surface area contributed by atoms with Gasteiger partial charge in [-0.15, -0.1) is 0 Å². The zero-order valence-electron chi connectivity index (χ0n) is 9.42. The molecule has 19 heavy (non-hydrogen) atoms. The van der Waals surface area contributed by atoms with Crippen molar-refractivity contribution < 1.29 is 5.11 Å². The van der Waals surface area contributed by atoms with E-state index in [9.17, 15) is 5.11 Å². The molecule has 0 saturated heterocycles. The Hall–Kier alpha value is -2.83. The van der Waals surface area contributed by atoms with Crippen molar-refractivity contribution >= 4 is 33.9 Å². The normalized spacial score (nSPS) is 9.42. The number of halogens is 1. The highest BCUT2D eigenvalue weighted by Crippen LogP contribution is 2.36. The molecule has 0 aliphatic rings. The van der Waals surface area contributed by atoms with Gasteiger partial charge in [-0.25, -0.2) is 0 Å². The van der Waals surface area contributed by atoms with Crippen LogP contribution in [-0.4, -0.2) is 15.8 Å². The summed E-state index contributed by atoms with van der Waals surface area (Å²) >= 11 is 6.05. The number of fused-ring (bicyclic) bond motifs is 1. The van der Waals surface area contributed by atoms with E-state index in [0.29, 0.717) is 15.9 Å². The maximum absolute atomic E-state index is 10.0. The van der Waals surface area contributed by atoms with Crippen molar-refractivity contribution in [3.05, 3.63) is 29.4 Å². The predicted octanol–water partition coefficient (Wildman–Crippen LogP) is 2.41. The number of pyridine rings is 1. The molecule has 2 aromatic rings. The molecule has 0 spiro atoms. The van der Waals surface area contributed by atoms with Crippen molar-refractivity contribution in [1.29, 1.82) is 10.5 Å². The van der Waals surface area contributed by atoms with Crippen LogP contribution >= 0.6 is 11.6 Å². The first kappa shape index (κ1) is 12.6. The van der Waals surface area contributed by atoms with Crippen LogP contribution in [-0.2, 0) is 0 Å². The van der Waals surface area contributed by atoms with Gasteiger partial charge >= 0.3 is 0 Å². The topological polar surface area (TPSA) is 105 Å². The molecule has 0 unspecified atom stereocenters. The lowest BCUT2D eigenvalue weighted by molar-refractivity contribution is 0.482. The number of hydrogen-bond donors (Lipinski definition) is 2. The molecule has 1 aromatic carbocycles. The molecule has 2 N–H and O–H groups in total. The van der Waals surface area contributed by atoms with E-state index >= 15 is 0 Å². The van der Waals surface area contributed by atoms with Gasteiger partial charge in [0.05, 0.1) is 5.02 Å². The summed E-state index contributed by atoms with van der Waals surface area (Å²) in [6, 6.07) is 8.03. The lowest BCUT2D eigenvalue weighted by atomic mass is 10.2. The van der Waals surface area contributed by atoms with Crippen LogP contribution in [0.2, 0.25) is 5.02 Å². The van der Waals surface area contributed by atoms with Crippen molar-refractivity contribution in [2.45, 2.75) is 0 Å². The number of phenolic OH excluding ortho intramolecular Hbond substituents is 1. The second-order valence-electron chi connectivity index (χ2n) is 3.45. The summed E-state index contributed by atoms with van der Waals surface area (Å²) in [5.41, 5.74) is 2.53. The number of nitrogens with zero attached hydrogens (tertiary/aromatic N) is 4. The number of hydrogen-bond acceptors (Lipinski definition) is 6. The summed E-state index contributed by atoms with van der Waals surface area (Å²) in [5.74, 6) is -0.154. The minimum absolute atomic E-state index is 0.154. The molecule has 2 rings (SSSR count). The predicted molar refractivity (Wildman–Crippen MR) is 70.7 cm³/mol. The van der Waals surface area contributed by atoms with Crippen LogP contribution in [0, 0.1) is 22.7 Å². The summed E-state index contributed by atoms with van der Waals surface area (Å²) in [6.07, 6.45) is 1.52. The average Bonchev–Trinajstić information content (AvgIpc) is 2.45. The van der Waals surface area contributed by atoms with E-state index in [1.807, 2.05) is 0 Å². The molecule has 0 bridgehead atoms. The van der Waals surface area contributed by atoms with Gasteiger partial charge in [-0.05, 0) is 18.2 Å². The number of phenols is 1. The molecule has 0 fully saturated rings. The van der Waals surface area contributed by atoms with Crippen LogP contribution in [0.4, 0.5) is 5.69 Å². The third-order valence-electron chi connectivity index (χ3n) is 2.32. The molecule has 0 amide bonds. The highest BCUT2D eigenvalue weighted by Gasteiger charge is 2.11. The number of nitrogens with one attached hydrogen (secondary N) is 1. The summed E-state index contributed by atoms with van der Waals surface area (Å²) in [4.78, 5) is 4.02. The van der Waals surface area contributed by atoms with Crippen molar-refractivity contribution in [3.63, 3.8) is 0 Å². The molecular formula is C12H6ClN5O. The molecule has 0 radical (unpaired) electrons. The minimum Gasteiger partial charge on any atom is -0.504 e. The highest BCUT2D eigenvalue weighted by atomic mass is 35.5. The SMILES string of the molecule is N#CC(C#N)=NNc1cc(Cl)c2cccnc2c1O. The third kappa shape index (κ3) is 2.39. The number of hydrazone groups is 1. The molecule has 6 nitrogen and oxygen atoms in total. The van der Waals surface area contributed by atoms with Crippen molar-refractivity contribution in [2.24, 2.45) is 5.10 Å². The summed E-state index contributed by atoms with van der Waals surface area (Å²) in [5, 5.41) is 31.6. The van der Waals surface area contributed by atoms with Crippen LogP contribution in [0.1, 0.15) is 0 Å². The second-order valence-corrected chi connectivity index (χ2v) is 3.86. The fourth-order valence-electron chi connectivity index (χ4n) is 1.46. The van der Waals surface area contributed by atoms with Gasteiger partial charge in [0.25, 0.3) is 0 Å². The number of aromatic hydroxyl groups is 1. The number of anilines is 1. The van der Waals surface area contributed by atoms with Crippen LogP contribution in [0.25, 0.3) is 10.9 Å². The molecule has 1 heterocycles. The van der Waals surface area contributed by atoms with Gasteiger partial charge in [0.2, 0.25) is 5.71 Å². The lowest BCUT2D eigenvalue weighted by Gasteiger charge is -2.08. The highest BCUT2D eigenvalue weighted by molar-refractivity contribution is 6.36. The van der Waals surface area contributed by atoms with E-state index in [1.54, 1.807) is 24.3 Å². The van der Waals surface area contributed by atoms with Crippen molar-refractivity contribution in [1.82, 2.24) is 4.98 Å². The minimum atomic E-state index is -0.364. The zero-order chi connectivity index (χ0) is 13.8.